The smallest absolute Gasteiger partial charge is 0.243 e. The van der Waals surface area contributed by atoms with Gasteiger partial charge in [-0.05, 0) is 50.2 Å². The van der Waals surface area contributed by atoms with Gasteiger partial charge >= 0.3 is 0 Å². The maximum atomic E-state index is 13.7. The Kier molecular flexibility index (Phi) is 6.09. The molecule has 6 nitrogen and oxygen atoms in total. The van der Waals surface area contributed by atoms with E-state index in [4.69, 9.17) is 4.98 Å². The molecule has 2 aromatic carbocycles. The van der Waals surface area contributed by atoms with Crippen LogP contribution in [0.4, 0.5) is 10.2 Å². The molecule has 0 aliphatic carbocycles. The van der Waals surface area contributed by atoms with Crippen molar-refractivity contribution in [1.29, 1.82) is 0 Å². The average Bonchev–Trinajstić information content (AvgIpc) is 2.76. The van der Waals surface area contributed by atoms with Crippen LogP contribution in [-0.2, 0) is 10.0 Å². The highest BCUT2D eigenvalue weighted by Crippen LogP contribution is 2.27. The minimum absolute atomic E-state index is 0.284. The lowest BCUT2D eigenvalue weighted by Crippen LogP contribution is -2.49. The number of hydrogen-bond donors (Lipinski definition) is 0. The van der Waals surface area contributed by atoms with Crippen LogP contribution in [0.25, 0.3) is 11.4 Å². The van der Waals surface area contributed by atoms with E-state index in [0.29, 0.717) is 37.6 Å². The Labute approximate surface area is 189 Å². The van der Waals surface area contributed by atoms with Gasteiger partial charge in [-0.2, -0.15) is 4.31 Å². The molecule has 2 heterocycles. The van der Waals surface area contributed by atoms with E-state index < -0.39 is 10.0 Å². The van der Waals surface area contributed by atoms with Gasteiger partial charge < -0.3 is 4.90 Å². The van der Waals surface area contributed by atoms with Crippen molar-refractivity contribution in [2.24, 2.45) is 0 Å². The molecule has 3 aromatic rings. The van der Waals surface area contributed by atoms with E-state index in [1.165, 1.54) is 16.4 Å². The second-order valence-electron chi connectivity index (χ2n) is 7.44. The number of anilines is 1. The number of piperazine rings is 1. The van der Waals surface area contributed by atoms with E-state index in [1.807, 2.05) is 13.8 Å². The molecule has 0 spiro atoms. The van der Waals surface area contributed by atoms with Crippen molar-refractivity contribution in [2.75, 3.05) is 31.1 Å². The van der Waals surface area contributed by atoms with Crippen molar-refractivity contribution in [3.05, 3.63) is 70.1 Å². The maximum Gasteiger partial charge on any atom is 0.243 e. The van der Waals surface area contributed by atoms with E-state index in [2.05, 4.69) is 25.8 Å². The highest BCUT2D eigenvalue weighted by atomic mass is 79.9. The lowest BCUT2D eigenvalue weighted by atomic mass is 10.1. The Hall–Kier alpha value is -2.36. The van der Waals surface area contributed by atoms with Gasteiger partial charge in [0.05, 0.1) is 4.90 Å². The van der Waals surface area contributed by atoms with Crippen LogP contribution >= 0.6 is 15.9 Å². The van der Waals surface area contributed by atoms with Gasteiger partial charge in [-0.25, -0.2) is 22.8 Å². The summed E-state index contributed by atoms with van der Waals surface area (Å²) in [6.07, 6.45) is 0. The van der Waals surface area contributed by atoms with Gasteiger partial charge in [0.25, 0.3) is 0 Å². The van der Waals surface area contributed by atoms with Gasteiger partial charge in [0.1, 0.15) is 11.6 Å². The number of rotatable bonds is 4. The van der Waals surface area contributed by atoms with Gasteiger partial charge in [-0.1, -0.05) is 28.1 Å². The number of nitrogens with zero attached hydrogens (tertiary/aromatic N) is 4. The Balaban J connectivity index is 1.57. The molecule has 0 radical (unpaired) electrons. The monoisotopic (exact) mass is 504 g/mol. The van der Waals surface area contributed by atoms with Crippen molar-refractivity contribution in [3.63, 3.8) is 0 Å². The van der Waals surface area contributed by atoms with Crippen LogP contribution in [-0.4, -0.2) is 48.9 Å². The summed E-state index contributed by atoms with van der Waals surface area (Å²) in [5, 5.41) is 0. The molecule has 1 aromatic heterocycles. The molecule has 31 heavy (non-hydrogen) atoms. The third kappa shape index (κ3) is 4.49. The second-order valence-corrected chi connectivity index (χ2v) is 10.3. The standard InChI is InChI=1S/C22H22BrFN4O2S/c1-15-16(2)25-21(17-4-3-5-19(24)14-17)26-22(15)27-10-12-28(13-11-27)31(29,30)20-8-6-18(23)7-9-20/h3-9,14H,10-13H2,1-2H3. The predicted octanol–water partition coefficient (Wildman–Crippen LogP) is 4.17. The molecule has 162 valence electrons. The summed E-state index contributed by atoms with van der Waals surface area (Å²) in [4.78, 5) is 11.6. The number of benzene rings is 2. The Morgan fingerprint density at radius 1 is 0.968 bits per heavy atom. The Morgan fingerprint density at radius 2 is 1.65 bits per heavy atom. The lowest BCUT2D eigenvalue weighted by molar-refractivity contribution is 0.383. The molecule has 0 N–H and O–H groups in total. The van der Waals surface area contributed by atoms with Crippen molar-refractivity contribution in [3.8, 4) is 11.4 Å². The van der Waals surface area contributed by atoms with Crippen molar-refractivity contribution < 1.29 is 12.8 Å². The highest BCUT2D eigenvalue weighted by molar-refractivity contribution is 9.10. The van der Waals surface area contributed by atoms with Gasteiger partial charge in [0.15, 0.2) is 5.82 Å². The summed E-state index contributed by atoms with van der Waals surface area (Å²) in [5.41, 5.74) is 2.36. The zero-order chi connectivity index (χ0) is 22.2. The van der Waals surface area contributed by atoms with E-state index >= 15 is 0 Å². The Morgan fingerprint density at radius 3 is 2.29 bits per heavy atom. The van der Waals surface area contributed by atoms with Crippen LogP contribution in [0.15, 0.2) is 57.9 Å². The summed E-state index contributed by atoms with van der Waals surface area (Å²) < 4.78 is 41.9. The van der Waals surface area contributed by atoms with Crippen LogP contribution < -0.4 is 4.90 Å². The molecule has 0 unspecified atom stereocenters. The van der Waals surface area contributed by atoms with Gasteiger partial charge in [-0.3, -0.25) is 0 Å². The fourth-order valence-corrected chi connectivity index (χ4v) is 5.26. The number of halogens is 2. The quantitative estimate of drug-likeness (QED) is 0.533. The van der Waals surface area contributed by atoms with Crippen LogP contribution in [0.5, 0.6) is 0 Å². The largest absolute Gasteiger partial charge is 0.354 e. The summed E-state index contributed by atoms with van der Waals surface area (Å²) in [6.45, 7) is 5.58. The average molecular weight is 505 g/mol. The van der Waals surface area contributed by atoms with E-state index in [1.54, 1.807) is 36.4 Å². The van der Waals surface area contributed by atoms with Crippen LogP contribution in [0.1, 0.15) is 11.3 Å². The first-order chi connectivity index (χ1) is 14.8. The van der Waals surface area contributed by atoms with E-state index in [-0.39, 0.29) is 10.7 Å². The zero-order valence-corrected chi connectivity index (χ0v) is 19.6. The normalized spacial score (nSPS) is 15.3. The summed E-state index contributed by atoms with van der Waals surface area (Å²) in [6, 6.07) is 12.9. The van der Waals surface area contributed by atoms with E-state index in [0.717, 1.165) is 21.5 Å². The topological polar surface area (TPSA) is 66.4 Å². The summed E-state index contributed by atoms with van der Waals surface area (Å²) in [7, 11) is -3.55. The van der Waals surface area contributed by atoms with Crippen molar-refractivity contribution >= 4 is 31.8 Å². The van der Waals surface area contributed by atoms with Gasteiger partial charge in [0.2, 0.25) is 10.0 Å². The van der Waals surface area contributed by atoms with Crippen molar-refractivity contribution in [1.82, 2.24) is 14.3 Å². The number of aryl methyl sites for hydroxylation is 1. The number of hydrogen-bond acceptors (Lipinski definition) is 5. The molecule has 0 amide bonds. The van der Waals surface area contributed by atoms with Gasteiger partial charge in [-0.15, -0.1) is 0 Å². The minimum atomic E-state index is -3.55. The molecule has 9 heteroatoms. The summed E-state index contributed by atoms with van der Waals surface area (Å²) >= 11 is 3.33. The predicted molar refractivity (Wildman–Crippen MR) is 122 cm³/mol. The molecule has 1 aliphatic rings. The second kappa shape index (κ2) is 8.64. The fraction of sp³-hybridized carbons (Fsp3) is 0.273. The first kappa shape index (κ1) is 21.9. The van der Waals surface area contributed by atoms with Gasteiger partial charge in [0, 0.05) is 47.5 Å². The minimum Gasteiger partial charge on any atom is -0.354 e. The molecular weight excluding hydrogens is 483 g/mol. The number of aromatic nitrogens is 2. The first-order valence-corrected chi connectivity index (χ1v) is 12.1. The van der Waals surface area contributed by atoms with Crippen LogP contribution in [0.3, 0.4) is 0 Å². The molecule has 0 bridgehead atoms. The Bertz CT molecular complexity index is 1210. The molecule has 1 saturated heterocycles. The third-order valence-corrected chi connectivity index (χ3v) is 7.88. The summed E-state index contributed by atoms with van der Waals surface area (Å²) in [5.74, 6) is 0.877. The SMILES string of the molecule is Cc1nc(-c2cccc(F)c2)nc(N2CCN(S(=O)(=O)c3ccc(Br)cc3)CC2)c1C. The molecule has 0 saturated carbocycles. The van der Waals surface area contributed by atoms with Crippen molar-refractivity contribution in [2.45, 2.75) is 18.7 Å². The molecule has 4 rings (SSSR count). The fourth-order valence-electron chi connectivity index (χ4n) is 3.57. The van der Waals surface area contributed by atoms with Crippen LogP contribution in [0.2, 0.25) is 0 Å². The molecule has 1 fully saturated rings. The lowest BCUT2D eigenvalue weighted by Gasteiger charge is -2.35. The molecular formula is C22H22BrFN4O2S. The van der Waals surface area contributed by atoms with Crippen LogP contribution in [0, 0.1) is 19.7 Å². The zero-order valence-electron chi connectivity index (χ0n) is 17.2. The molecule has 0 atom stereocenters. The van der Waals surface area contributed by atoms with E-state index in [9.17, 15) is 12.8 Å². The maximum absolute atomic E-state index is 13.7. The number of sulfonamides is 1. The first-order valence-electron chi connectivity index (χ1n) is 9.87. The third-order valence-electron chi connectivity index (χ3n) is 5.44. The molecule has 1 aliphatic heterocycles. The highest BCUT2D eigenvalue weighted by Gasteiger charge is 2.29.